The van der Waals surface area contributed by atoms with Gasteiger partial charge >= 0.3 is 6.03 Å². The second kappa shape index (κ2) is 10.8. The first-order valence-electron chi connectivity index (χ1n) is 12.9. The van der Waals surface area contributed by atoms with Crippen molar-refractivity contribution in [3.63, 3.8) is 0 Å². The predicted octanol–water partition coefficient (Wildman–Crippen LogP) is 1.69. The molecule has 3 fully saturated rings. The molecule has 3 heterocycles. The Labute approximate surface area is 223 Å². The number of carbonyl (C=O) groups is 5. The molecule has 206 valence electrons. The van der Waals surface area contributed by atoms with Crippen LogP contribution < -0.4 is 26.3 Å². The number of imide groups is 1. The van der Waals surface area contributed by atoms with Crippen molar-refractivity contribution >= 4 is 40.9 Å². The number of furan rings is 1. The number of hydrazine groups is 1. The van der Waals surface area contributed by atoms with E-state index < -0.39 is 41.2 Å². The Kier molecular flexibility index (Phi) is 7.22. The van der Waals surface area contributed by atoms with Crippen molar-refractivity contribution in [3.05, 3.63) is 48.2 Å². The van der Waals surface area contributed by atoms with E-state index in [1.807, 2.05) is 0 Å². The maximum absolute atomic E-state index is 14.0. The van der Waals surface area contributed by atoms with Crippen LogP contribution in [-0.4, -0.2) is 65.8 Å². The quantitative estimate of drug-likeness (QED) is 0.387. The van der Waals surface area contributed by atoms with Crippen LogP contribution in [0.2, 0.25) is 0 Å². The van der Waals surface area contributed by atoms with E-state index >= 15 is 0 Å². The summed E-state index contributed by atoms with van der Waals surface area (Å²) < 4.78 is 19.2. The number of Topliss-reactive ketones (excluding diaryl/α,β-unsaturated/α-hetero) is 1. The average Bonchev–Trinajstić information content (AvgIpc) is 3.57. The van der Waals surface area contributed by atoms with Gasteiger partial charge in [-0.2, -0.15) is 5.01 Å². The lowest BCUT2D eigenvalue weighted by Crippen LogP contribution is -2.63. The fourth-order valence-corrected chi connectivity index (χ4v) is 5.26. The van der Waals surface area contributed by atoms with Crippen molar-refractivity contribution in [2.24, 2.45) is 0 Å². The third-order valence-corrected chi connectivity index (χ3v) is 7.34. The van der Waals surface area contributed by atoms with E-state index in [1.54, 1.807) is 11.0 Å². The molecule has 0 radical (unpaired) electrons. The number of hydrogen-bond donors (Lipinski definition) is 4. The summed E-state index contributed by atoms with van der Waals surface area (Å²) >= 11 is 0. The van der Waals surface area contributed by atoms with Gasteiger partial charge in [0, 0.05) is 12.6 Å². The molecule has 1 aromatic carbocycles. The standard InChI is InChI=1S/C26H29FN6O6/c27-16-6-7-19(18(13-16)31-33-22(35)14-28-25(33)38)32-11-8-17(20(34)15-32)29-24(37)26(9-2-1-3-10-26)30-23(36)21-5-4-12-39-21/h4-7,12-13,17,31H,1-3,8-11,14-15H2,(H,28,38)(H,29,37)(H,30,36). The van der Waals surface area contributed by atoms with Gasteiger partial charge in [-0.05, 0) is 43.5 Å². The highest BCUT2D eigenvalue weighted by Crippen LogP contribution is 2.31. The van der Waals surface area contributed by atoms with Gasteiger partial charge in [0.2, 0.25) is 5.91 Å². The summed E-state index contributed by atoms with van der Waals surface area (Å²) in [5, 5.41) is 8.84. The molecule has 0 spiro atoms. The molecule has 1 unspecified atom stereocenters. The van der Waals surface area contributed by atoms with E-state index in [9.17, 15) is 28.4 Å². The summed E-state index contributed by atoms with van der Waals surface area (Å²) in [6, 6.07) is 5.51. The van der Waals surface area contributed by atoms with Crippen LogP contribution in [0.1, 0.15) is 49.1 Å². The molecule has 4 N–H and O–H groups in total. The van der Waals surface area contributed by atoms with Crippen LogP contribution in [0.3, 0.4) is 0 Å². The van der Waals surface area contributed by atoms with Crippen LogP contribution in [0.25, 0.3) is 0 Å². The minimum atomic E-state index is -1.14. The van der Waals surface area contributed by atoms with Gasteiger partial charge in [-0.15, -0.1) is 0 Å². The lowest BCUT2D eigenvalue weighted by Gasteiger charge is -2.39. The molecule has 1 aliphatic carbocycles. The fourth-order valence-electron chi connectivity index (χ4n) is 5.26. The van der Waals surface area contributed by atoms with Gasteiger partial charge in [0.05, 0.1) is 30.2 Å². The third-order valence-electron chi connectivity index (χ3n) is 7.34. The first-order chi connectivity index (χ1) is 18.8. The van der Waals surface area contributed by atoms with Crippen molar-refractivity contribution in [2.75, 3.05) is 30.0 Å². The molecule has 0 bridgehead atoms. The predicted molar refractivity (Wildman–Crippen MR) is 136 cm³/mol. The highest BCUT2D eigenvalue weighted by Gasteiger charge is 2.43. The van der Waals surface area contributed by atoms with E-state index in [0.717, 1.165) is 30.3 Å². The second-order valence-corrected chi connectivity index (χ2v) is 9.94. The zero-order valence-corrected chi connectivity index (χ0v) is 21.1. The SMILES string of the molecule is O=C(NC1(C(=O)NC2CCN(c3ccc(F)cc3NN3C(=O)CNC3=O)CC2=O)CCCCC1)c1ccco1. The first kappa shape index (κ1) is 26.2. The molecule has 2 aliphatic heterocycles. The van der Waals surface area contributed by atoms with Gasteiger partial charge in [0.1, 0.15) is 17.9 Å². The van der Waals surface area contributed by atoms with Crippen LogP contribution in [-0.2, 0) is 14.4 Å². The van der Waals surface area contributed by atoms with E-state index in [4.69, 9.17) is 4.42 Å². The number of carbonyl (C=O) groups excluding carboxylic acids is 5. The number of amides is 5. The normalized spacial score (nSPS) is 20.9. The highest BCUT2D eigenvalue weighted by molar-refractivity contribution is 6.03. The number of nitrogens with one attached hydrogen (secondary N) is 4. The molecule has 12 nitrogen and oxygen atoms in total. The monoisotopic (exact) mass is 540 g/mol. The molecule has 1 aromatic heterocycles. The average molecular weight is 541 g/mol. The van der Waals surface area contributed by atoms with Gasteiger partial charge in [0.25, 0.3) is 11.8 Å². The summed E-state index contributed by atoms with van der Waals surface area (Å²) in [4.78, 5) is 65.0. The molecular formula is C26H29FN6O6. The van der Waals surface area contributed by atoms with Gasteiger partial charge < -0.3 is 25.3 Å². The molecule has 5 amide bonds. The van der Waals surface area contributed by atoms with Gasteiger partial charge in [-0.25, -0.2) is 9.18 Å². The van der Waals surface area contributed by atoms with Crippen LogP contribution in [0.4, 0.5) is 20.6 Å². The molecule has 39 heavy (non-hydrogen) atoms. The smallest absolute Gasteiger partial charge is 0.343 e. The largest absolute Gasteiger partial charge is 0.459 e. The lowest BCUT2D eigenvalue weighted by molar-refractivity contribution is -0.133. The number of urea groups is 1. The molecule has 2 aromatic rings. The van der Waals surface area contributed by atoms with Crippen molar-refractivity contribution in [2.45, 2.75) is 50.1 Å². The summed E-state index contributed by atoms with van der Waals surface area (Å²) in [6.07, 6.45) is 5.02. The first-order valence-corrected chi connectivity index (χ1v) is 12.9. The Bertz CT molecular complexity index is 1280. The summed E-state index contributed by atoms with van der Waals surface area (Å²) in [7, 11) is 0. The Morgan fingerprint density at radius 2 is 1.90 bits per heavy atom. The zero-order valence-electron chi connectivity index (χ0n) is 21.1. The van der Waals surface area contributed by atoms with Gasteiger partial charge in [-0.1, -0.05) is 19.3 Å². The molecule has 2 saturated heterocycles. The van der Waals surface area contributed by atoms with Crippen LogP contribution in [0, 0.1) is 5.82 Å². The number of benzene rings is 1. The number of hydrogen-bond acceptors (Lipinski definition) is 8. The van der Waals surface area contributed by atoms with E-state index in [-0.39, 0.29) is 36.7 Å². The Morgan fingerprint density at radius 1 is 1.10 bits per heavy atom. The fraction of sp³-hybridized carbons (Fsp3) is 0.423. The minimum absolute atomic E-state index is 0.0862. The van der Waals surface area contributed by atoms with Crippen molar-refractivity contribution in [1.29, 1.82) is 0 Å². The van der Waals surface area contributed by atoms with Crippen molar-refractivity contribution in [3.8, 4) is 0 Å². The maximum atomic E-state index is 14.0. The van der Waals surface area contributed by atoms with Gasteiger partial charge in [-0.3, -0.25) is 24.6 Å². The molecule has 3 aliphatic rings. The van der Waals surface area contributed by atoms with Crippen LogP contribution in [0.15, 0.2) is 41.0 Å². The van der Waals surface area contributed by atoms with Crippen molar-refractivity contribution in [1.82, 2.24) is 21.0 Å². The Hall–Kier alpha value is -4.42. The Morgan fingerprint density at radius 3 is 2.56 bits per heavy atom. The van der Waals surface area contributed by atoms with E-state index in [0.29, 0.717) is 25.1 Å². The summed E-state index contributed by atoms with van der Waals surface area (Å²) in [6.45, 7) is 0.0730. The molecule has 1 saturated carbocycles. The second-order valence-electron chi connectivity index (χ2n) is 9.94. The number of anilines is 2. The highest BCUT2D eigenvalue weighted by atomic mass is 19.1. The molecule has 13 heteroatoms. The van der Waals surface area contributed by atoms with Crippen LogP contribution in [0.5, 0.6) is 0 Å². The third kappa shape index (κ3) is 5.42. The molecule has 5 rings (SSSR count). The number of rotatable bonds is 7. The number of halogens is 1. The van der Waals surface area contributed by atoms with Crippen molar-refractivity contribution < 1.29 is 32.8 Å². The van der Waals surface area contributed by atoms with Gasteiger partial charge in [0.15, 0.2) is 11.5 Å². The zero-order chi connectivity index (χ0) is 27.6. The van der Waals surface area contributed by atoms with E-state index in [1.165, 1.54) is 24.5 Å². The molecular weight excluding hydrogens is 511 g/mol. The lowest BCUT2D eigenvalue weighted by atomic mass is 9.80. The maximum Gasteiger partial charge on any atom is 0.343 e. The van der Waals surface area contributed by atoms with E-state index in [2.05, 4.69) is 21.4 Å². The van der Waals surface area contributed by atoms with Crippen LogP contribution >= 0.6 is 0 Å². The topological polar surface area (TPSA) is 153 Å². The summed E-state index contributed by atoms with van der Waals surface area (Å²) in [5.74, 6) is -2.16. The number of piperidine rings is 1. The summed E-state index contributed by atoms with van der Waals surface area (Å²) in [5.41, 5.74) is 2.08. The Balaban J connectivity index is 1.27. The molecule has 1 atom stereocenters. The minimum Gasteiger partial charge on any atom is -0.459 e. The number of ketones is 1. The number of nitrogens with zero attached hydrogens (tertiary/aromatic N) is 2.